The molecule has 0 aromatic heterocycles. The van der Waals surface area contributed by atoms with E-state index in [2.05, 4.69) is 6.92 Å². The Morgan fingerprint density at radius 3 is 2.60 bits per heavy atom. The van der Waals surface area contributed by atoms with Gasteiger partial charge in [0, 0.05) is 19.2 Å². The quantitative estimate of drug-likeness (QED) is 0.875. The highest BCUT2D eigenvalue weighted by Gasteiger charge is 2.34. The van der Waals surface area contributed by atoms with Crippen molar-refractivity contribution in [2.45, 2.75) is 50.0 Å². The van der Waals surface area contributed by atoms with Crippen molar-refractivity contribution < 1.29 is 13.5 Å². The third-order valence-corrected chi connectivity index (χ3v) is 5.92. The molecule has 1 aromatic carbocycles. The van der Waals surface area contributed by atoms with Gasteiger partial charge < -0.3 is 5.11 Å². The van der Waals surface area contributed by atoms with Crippen LogP contribution in [-0.4, -0.2) is 37.0 Å². The van der Waals surface area contributed by atoms with Crippen molar-refractivity contribution in [2.75, 3.05) is 13.2 Å². The van der Waals surface area contributed by atoms with Gasteiger partial charge in [-0.1, -0.05) is 19.1 Å². The average molecular weight is 297 g/mol. The predicted molar refractivity (Wildman–Crippen MR) is 79.1 cm³/mol. The summed E-state index contributed by atoms with van der Waals surface area (Å²) < 4.78 is 27.0. The van der Waals surface area contributed by atoms with Crippen molar-refractivity contribution in [3.8, 4) is 0 Å². The zero-order chi connectivity index (χ0) is 14.6. The van der Waals surface area contributed by atoms with Gasteiger partial charge in [0.05, 0.1) is 4.90 Å². The summed E-state index contributed by atoms with van der Waals surface area (Å²) in [5.41, 5.74) is 1.14. The lowest BCUT2D eigenvalue weighted by Gasteiger charge is -2.24. The van der Waals surface area contributed by atoms with Gasteiger partial charge in [0.2, 0.25) is 10.0 Å². The van der Waals surface area contributed by atoms with E-state index in [-0.39, 0.29) is 12.6 Å². The molecular formula is C15H23NO3S. The summed E-state index contributed by atoms with van der Waals surface area (Å²) >= 11 is 0. The van der Waals surface area contributed by atoms with Crippen molar-refractivity contribution in [2.24, 2.45) is 0 Å². The Morgan fingerprint density at radius 1 is 1.30 bits per heavy atom. The van der Waals surface area contributed by atoms with E-state index in [1.807, 2.05) is 12.1 Å². The fourth-order valence-electron chi connectivity index (χ4n) is 2.77. The fraction of sp³-hybridized carbons (Fsp3) is 0.600. The molecule has 1 N–H and O–H groups in total. The zero-order valence-electron chi connectivity index (χ0n) is 12.0. The molecule has 1 unspecified atom stereocenters. The smallest absolute Gasteiger partial charge is 0.243 e. The van der Waals surface area contributed by atoms with Crippen molar-refractivity contribution in [1.82, 2.24) is 4.31 Å². The van der Waals surface area contributed by atoms with Crippen LogP contribution < -0.4 is 0 Å². The maximum absolute atomic E-state index is 12.7. The fourth-order valence-corrected chi connectivity index (χ4v) is 4.50. The van der Waals surface area contributed by atoms with Gasteiger partial charge in [-0.15, -0.1) is 0 Å². The van der Waals surface area contributed by atoms with Crippen LogP contribution in [0.4, 0.5) is 0 Å². The lowest BCUT2D eigenvalue weighted by molar-refractivity contribution is 0.264. The molecule has 0 radical (unpaired) electrons. The molecule has 1 aliphatic heterocycles. The predicted octanol–water partition coefficient (Wildman–Crippen LogP) is 2.17. The first-order chi connectivity index (χ1) is 9.59. The van der Waals surface area contributed by atoms with Crippen molar-refractivity contribution in [3.05, 3.63) is 29.8 Å². The van der Waals surface area contributed by atoms with Gasteiger partial charge in [-0.2, -0.15) is 4.31 Å². The molecule has 1 heterocycles. The van der Waals surface area contributed by atoms with E-state index >= 15 is 0 Å². The van der Waals surface area contributed by atoms with E-state index in [9.17, 15) is 8.42 Å². The molecule has 1 fully saturated rings. The number of aliphatic hydroxyl groups excluding tert-OH is 1. The van der Waals surface area contributed by atoms with E-state index in [1.54, 1.807) is 16.4 Å². The molecule has 4 nitrogen and oxygen atoms in total. The van der Waals surface area contributed by atoms with Gasteiger partial charge in [0.15, 0.2) is 0 Å². The number of hydrogen-bond acceptors (Lipinski definition) is 3. The Morgan fingerprint density at radius 2 is 2.00 bits per heavy atom. The molecule has 0 spiro atoms. The zero-order valence-corrected chi connectivity index (χ0v) is 12.8. The summed E-state index contributed by atoms with van der Waals surface area (Å²) in [6.07, 6.45) is 4.10. The number of benzene rings is 1. The molecule has 5 heteroatoms. The van der Waals surface area contributed by atoms with E-state index < -0.39 is 10.0 Å². The molecule has 1 saturated heterocycles. The van der Waals surface area contributed by atoms with Gasteiger partial charge in [-0.25, -0.2) is 8.42 Å². The molecule has 0 amide bonds. The number of nitrogens with zero attached hydrogens (tertiary/aromatic N) is 1. The maximum Gasteiger partial charge on any atom is 0.243 e. The summed E-state index contributed by atoms with van der Waals surface area (Å²) in [5.74, 6) is 0. The second kappa shape index (κ2) is 6.70. The minimum absolute atomic E-state index is 0.0398. The average Bonchev–Trinajstić information content (AvgIpc) is 2.94. The first-order valence-corrected chi connectivity index (χ1v) is 8.75. The van der Waals surface area contributed by atoms with Crippen LogP contribution in [0.3, 0.4) is 0 Å². The van der Waals surface area contributed by atoms with Gasteiger partial charge >= 0.3 is 0 Å². The van der Waals surface area contributed by atoms with Crippen molar-refractivity contribution >= 4 is 10.0 Å². The molecule has 0 saturated carbocycles. The molecule has 2 rings (SSSR count). The molecule has 112 valence electrons. The number of hydrogen-bond donors (Lipinski definition) is 1. The van der Waals surface area contributed by atoms with E-state index in [1.165, 1.54) is 0 Å². The van der Waals surface area contributed by atoms with Crippen LogP contribution in [0.2, 0.25) is 0 Å². The van der Waals surface area contributed by atoms with Crippen molar-refractivity contribution in [3.63, 3.8) is 0 Å². The third kappa shape index (κ3) is 3.22. The van der Waals surface area contributed by atoms with Crippen molar-refractivity contribution in [1.29, 1.82) is 0 Å². The van der Waals surface area contributed by atoms with Gasteiger partial charge in [-0.3, -0.25) is 0 Å². The van der Waals surface area contributed by atoms with Gasteiger partial charge in [0.1, 0.15) is 0 Å². The molecule has 1 atom stereocenters. The van der Waals surface area contributed by atoms with Crippen LogP contribution in [0.1, 0.15) is 38.2 Å². The van der Waals surface area contributed by atoms with Crippen LogP contribution in [-0.2, 0) is 16.4 Å². The van der Waals surface area contributed by atoms with Crippen LogP contribution in [0, 0.1) is 0 Å². The minimum atomic E-state index is -3.39. The monoisotopic (exact) mass is 297 g/mol. The number of aliphatic hydroxyl groups is 1. The maximum atomic E-state index is 12.7. The SMILES string of the molecule is CCc1ccc(S(=O)(=O)N2CCCC2CCCO)cc1. The van der Waals surface area contributed by atoms with Crippen LogP contribution in [0.15, 0.2) is 29.2 Å². The van der Waals surface area contributed by atoms with Crippen LogP contribution >= 0.6 is 0 Å². The first kappa shape index (κ1) is 15.5. The number of sulfonamides is 1. The molecule has 1 aliphatic rings. The Bertz CT molecular complexity index is 525. The Kier molecular flexibility index (Phi) is 5.18. The van der Waals surface area contributed by atoms with Crippen LogP contribution in [0.5, 0.6) is 0 Å². The number of aryl methyl sites for hydroxylation is 1. The summed E-state index contributed by atoms with van der Waals surface area (Å²) in [7, 11) is -3.39. The minimum Gasteiger partial charge on any atom is -0.396 e. The lowest BCUT2D eigenvalue weighted by Crippen LogP contribution is -2.35. The largest absolute Gasteiger partial charge is 0.396 e. The first-order valence-electron chi connectivity index (χ1n) is 7.31. The van der Waals surface area contributed by atoms with Gasteiger partial charge in [0.25, 0.3) is 0 Å². The third-order valence-electron chi connectivity index (χ3n) is 3.96. The standard InChI is InChI=1S/C15H23NO3S/c1-2-13-7-9-15(10-8-13)20(18,19)16-11-3-5-14(16)6-4-12-17/h7-10,14,17H,2-6,11-12H2,1H3. The van der Waals surface area contributed by atoms with Gasteiger partial charge in [-0.05, 0) is 49.8 Å². The topological polar surface area (TPSA) is 57.6 Å². The Labute approximate surface area is 121 Å². The second-order valence-electron chi connectivity index (χ2n) is 5.28. The van der Waals surface area contributed by atoms with E-state index in [4.69, 9.17) is 5.11 Å². The highest BCUT2D eigenvalue weighted by atomic mass is 32.2. The summed E-state index contributed by atoms with van der Waals surface area (Å²) in [4.78, 5) is 0.380. The van der Waals surface area contributed by atoms with E-state index in [0.29, 0.717) is 17.9 Å². The normalized spacial score (nSPS) is 20.4. The molecule has 20 heavy (non-hydrogen) atoms. The molecule has 1 aromatic rings. The Hall–Kier alpha value is -0.910. The molecular weight excluding hydrogens is 274 g/mol. The molecule has 0 aliphatic carbocycles. The highest BCUT2D eigenvalue weighted by molar-refractivity contribution is 7.89. The number of rotatable bonds is 6. The highest BCUT2D eigenvalue weighted by Crippen LogP contribution is 2.28. The second-order valence-corrected chi connectivity index (χ2v) is 7.17. The van der Waals surface area contributed by atoms with E-state index in [0.717, 1.165) is 31.2 Å². The Balaban J connectivity index is 2.19. The summed E-state index contributed by atoms with van der Waals surface area (Å²) in [6, 6.07) is 7.21. The summed E-state index contributed by atoms with van der Waals surface area (Å²) in [6.45, 7) is 2.76. The lowest BCUT2D eigenvalue weighted by atomic mass is 10.1. The molecule has 0 bridgehead atoms. The van der Waals surface area contributed by atoms with Crippen LogP contribution in [0.25, 0.3) is 0 Å². The summed E-state index contributed by atoms with van der Waals surface area (Å²) in [5, 5.41) is 8.92.